The van der Waals surface area contributed by atoms with Crippen LogP contribution in [-0.4, -0.2) is 23.4 Å². The number of halogens is 1. The Morgan fingerprint density at radius 3 is 2.43 bits per heavy atom. The van der Waals surface area contributed by atoms with Gasteiger partial charge in [-0.05, 0) is 49.9 Å². The zero-order chi connectivity index (χ0) is 15.4. The molecule has 0 bridgehead atoms. The second-order valence-electron chi connectivity index (χ2n) is 5.34. The first-order chi connectivity index (χ1) is 10.0. The Morgan fingerprint density at radius 2 is 1.95 bits per heavy atom. The molecular formula is C16H22ClN3O. The monoisotopic (exact) mass is 307 g/mol. The molecule has 114 valence electrons. The average molecular weight is 308 g/mol. The zero-order valence-electron chi connectivity index (χ0n) is 12.8. The quantitative estimate of drug-likeness (QED) is 0.893. The maximum Gasteiger partial charge on any atom is 0.130 e. The molecule has 2 aromatic rings. The van der Waals surface area contributed by atoms with E-state index in [-0.39, 0.29) is 0 Å². The third kappa shape index (κ3) is 3.77. The number of hydrogen-bond donors (Lipinski definition) is 1. The molecule has 1 aromatic carbocycles. The van der Waals surface area contributed by atoms with E-state index in [0.29, 0.717) is 17.6 Å². The van der Waals surface area contributed by atoms with E-state index in [0.717, 1.165) is 29.8 Å². The fraction of sp³-hybridized carbons (Fsp3) is 0.438. The van der Waals surface area contributed by atoms with Gasteiger partial charge < -0.3 is 10.5 Å². The normalized spacial score (nSPS) is 12.4. The molecule has 0 amide bonds. The number of benzene rings is 1. The van der Waals surface area contributed by atoms with Crippen molar-refractivity contribution in [3.05, 3.63) is 46.2 Å². The highest BCUT2D eigenvalue weighted by Crippen LogP contribution is 2.24. The molecule has 21 heavy (non-hydrogen) atoms. The fourth-order valence-corrected chi connectivity index (χ4v) is 2.78. The molecule has 2 N–H and O–H groups in total. The number of aromatic nitrogens is 2. The van der Waals surface area contributed by atoms with Gasteiger partial charge >= 0.3 is 0 Å². The maximum atomic E-state index is 6.30. The molecule has 1 heterocycles. The lowest BCUT2D eigenvalue weighted by Gasteiger charge is -2.15. The first-order valence-corrected chi connectivity index (χ1v) is 7.44. The highest BCUT2D eigenvalue weighted by Gasteiger charge is 2.16. The van der Waals surface area contributed by atoms with Gasteiger partial charge in [0.2, 0.25) is 0 Å². The van der Waals surface area contributed by atoms with Gasteiger partial charge in [-0.1, -0.05) is 23.7 Å². The summed E-state index contributed by atoms with van der Waals surface area (Å²) >= 11 is 6.30. The van der Waals surface area contributed by atoms with E-state index in [1.807, 2.05) is 26.1 Å². The molecular weight excluding hydrogens is 286 g/mol. The molecule has 0 aliphatic heterocycles. The third-order valence-corrected chi connectivity index (χ3v) is 4.25. The highest BCUT2D eigenvalue weighted by atomic mass is 35.5. The van der Waals surface area contributed by atoms with E-state index >= 15 is 0 Å². The first kappa shape index (κ1) is 15.9. The largest absolute Gasteiger partial charge is 0.497 e. The predicted molar refractivity (Wildman–Crippen MR) is 85.9 cm³/mol. The van der Waals surface area contributed by atoms with Gasteiger partial charge in [-0.15, -0.1) is 0 Å². The van der Waals surface area contributed by atoms with Crippen LogP contribution in [0.25, 0.3) is 0 Å². The van der Waals surface area contributed by atoms with Gasteiger partial charge in [0.25, 0.3) is 0 Å². The van der Waals surface area contributed by atoms with Crippen LogP contribution in [0, 0.1) is 12.8 Å². The van der Waals surface area contributed by atoms with E-state index in [1.54, 1.807) is 11.8 Å². The molecule has 4 nitrogen and oxygen atoms in total. The van der Waals surface area contributed by atoms with Crippen molar-refractivity contribution in [1.82, 2.24) is 9.78 Å². The summed E-state index contributed by atoms with van der Waals surface area (Å²) in [6.07, 6.45) is 1.77. The molecule has 1 unspecified atom stereocenters. The lowest BCUT2D eigenvalue weighted by Crippen LogP contribution is -2.19. The Balaban J connectivity index is 2.09. The van der Waals surface area contributed by atoms with Crippen molar-refractivity contribution in [1.29, 1.82) is 0 Å². The van der Waals surface area contributed by atoms with Gasteiger partial charge in [-0.3, -0.25) is 4.68 Å². The summed E-state index contributed by atoms with van der Waals surface area (Å²) in [4.78, 5) is 0. The van der Waals surface area contributed by atoms with E-state index in [4.69, 9.17) is 22.1 Å². The van der Waals surface area contributed by atoms with E-state index in [2.05, 4.69) is 17.2 Å². The Bertz CT molecular complexity index is 592. The second kappa shape index (κ2) is 6.96. The van der Waals surface area contributed by atoms with E-state index < -0.39 is 0 Å². The Hall–Kier alpha value is -1.52. The van der Waals surface area contributed by atoms with Crippen LogP contribution in [0.4, 0.5) is 0 Å². The summed E-state index contributed by atoms with van der Waals surface area (Å²) in [6.45, 7) is 2.61. The number of nitrogens with zero attached hydrogens (tertiary/aromatic N) is 2. The molecule has 0 spiro atoms. The summed E-state index contributed by atoms with van der Waals surface area (Å²) in [5, 5.41) is 5.06. The van der Waals surface area contributed by atoms with Crippen LogP contribution in [0.15, 0.2) is 24.3 Å². The van der Waals surface area contributed by atoms with Crippen LogP contribution in [0.2, 0.25) is 5.15 Å². The number of ether oxygens (including phenoxy) is 1. The molecule has 0 fully saturated rings. The Kier molecular flexibility index (Phi) is 5.26. The van der Waals surface area contributed by atoms with Crippen LogP contribution < -0.4 is 10.5 Å². The summed E-state index contributed by atoms with van der Waals surface area (Å²) < 4.78 is 6.89. The zero-order valence-corrected chi connectivity index (χ0v) is 13.5. The smallest absolute Gasteiger partial charge is 0.130 e. The molecule has 0 saturated carbocycles. The molecule has 0 radical (unpaired) electrons. The number of methoxy groups -OCH3 is 1. The minimum absolute atomic E-state index is 0.346. The highest BCUT2D eigenvalue weighted by molar-refractivity contribution is 6.30. The van der Waals surface area contributed by atoms with Crippen molar-refractivity contribution in [2.75, 3.05) is 13.7 Å². The van der Waals surface area contributed by atoms with Gasteiger partial charge in [0.15, 0.2) is 0 Å². The molecule has 0 saturated heterocycles. The number of hydrogen-bond acceptors (Lipinski definition) is 3. The lowest BCUT2D eigenvalue weighted by atomic mass is 9.93. The third-order valence-electron chi connectivity index (χ3n) is 3.78. The van der Waals surface area contributed by atoms with Crippen molar-refractivity contribution >= 4 is 11.6 Å². The summed E-state index contributed by atoms with van der Waals surface area (Å²) in [5.41, 5.74) is 9.27. The van der Waals surface area contributed by atoms with Gasteiger partial charge in [-0.25, -0.2) is 0 Å². The van der Waals surface area contributed by atoms with Crippen LogP contribution in [0.3, 0.4) is 0 Å². The maximum absolute atomic E-state index is 6.30. The van der Waals surface area contributed by atoms with Gasteiger partial charge in [0, 0.05) is 12.6 Å². The fourth-order valence-electron chi connectivity index (χ4n) is 2.53. The van der Waals surface area contributed by atoms with E-state index in [1.165, 1.54) is 5.56 Å². The average Bonchev–Trinajstić information content (AvgIpc) is 2.73. The number of nitrogens with two attached hydrogens (primary N) is 1. The topological polar surface area (TPSA) is 53.1 Å². The minimum atomic E-state index is 0.346. The summed E-state index contributed by atoms with van der Waals surface area (Å²) in [7, 11) is 3.53. The van der Waals surface area contributed by atoms with Gasteiger partial charge in [-0.2, -0.15) is 5.10 Å². The van der Waals surface area contributed by atoms with Crippen LogP contribution >= 0.6 is 11.6 Å². The number of aryl methyl sites for hydroxylation is 2. The Morgan fingerprint density at radius 1 is 1.29 bits per heavy atom. The summed E-state index contributed by atoms with van der Waals surface area (Å²) in [6, 6.07) is 8.12. The molecule has 2 rings (SSSR count). The lowest BCUT2D eigenvalue weighted by molar-refractivity contribution is 0.414. The molecule has 1 atom stereocenters. The SMILES string of the molecule is COc1ccc(CC(CN)Cc2c(C)nn(C)c2Cl)cc1. The molecule has 0 aliphatic rings. The predicted octanol–water partition coefficient (Wildman–Crippen LogP) is 2.75. The van der Waals surface area contributed by atoms with Crippen molar-refractivity contribution < 1.29 is 4.74 Å². The van der Waals surface area contributed by atoms with Gasteiger partial charge in [0.1, 0.15) is 10.9 Å². The standard InChI is InChI=1S/C16H22ClN3O/c1-11-15(16(17)20(2)19-11)9-13(10-18)8-12-4-6-14(21-3)7-5-12/h4-7,13H,8-10,18H2,1-3H3. The van der Waals surface area contributed by atoms with Crippen molar-refractivity contribution in [2.24, 2.45) is 18.7 Å². The molecule has 5 heteroatoms. The summed E-state index contributed by atoms with van der Waals surface area (Å²) in [5.74, 6) is 1.22. The minimum Gasteiger partial charge on any atom is -0.497 e. The van der Waals surface area contributed by atoms with E-state index in [9.17, 15) is 0 Å². The van der Waals surface area contributed by atoms with Crippen molar-refractivity contribution in [3.8, 4) is 5.75 Å². The van der Waals surface area contributed by atoms with Crippen molar-refractivity contribution in [3.63, 3.8) is 0 Å². The first-order valence-electron chi connectivity index (χ1n) is 7.06. The second-order valence-corrected chi connectivity index (χ2v) is 5.69. The van der Waals surface area contributed by atoms with Gasteiger partial charge in [0.05, 0.1) is 12.8 Å². The Labute approximate surface area is 130 Å². The molecule has 1 aromatic heterocycles. The van der Waals surface area contributed by atoms with Crippen LogP contribution in [-0.2, 0) is 19.9 Å². The van der Waals surface area contributed by atoms with Crippen molar-refractivity contribution in [2.45, 2.75) is 19.8 Å². The van der Waals surface area contributed by atoms with Crippen LogP contribution in [0.1, 0.15) is 16.8 Å². The van der Waals surface area contributed by atoms with Crippen LogP contribution in [0.5, 0.6) is 5.75 Å². The molecule has 0 aliphatic carbocycles. The number of rotatable bonds is 6.